The summed E-state index contributed by atoms with van der Waals surface area (Å²) >= 11 is 0. The summed E-state index contributed by atoms with van der Waals surface area (Å²) in [5, 5.41) is 28.5. The molecule has 0 aromatic heterocycles. The lowest BCUT2D eigenvalue weighted by Crippen LogP contribution is -2.19. The van der Waals surface area contributed by atoms with Crippen LogP contribution in [0.2, 0.25) is 0 Å². The molecule has 0 aliphatic heterocycles. The number of nitrogens with one attached hydrogen (secondary N) is 2. The molecule has 0 saturated carbocycles. The molecule has 2 amide bonds. The van der Waals surface area contributed by atoms with Crippen LogP contribution in [0.15, 0.2) is 77.9 Å². The Morgan fingerprint density at radius 1 is 0.900 bits per heavy atom. The highest BCUT2D eigenvalue weighted by molar-refractivity contribution is 5.97. The number of rotatable bonds is 10. The number of hydrogen-bond acceptors (Lipinski definition) is 9. The van der Waals surface area contributed by atoms with Crippen LogP contribution >= 0.6 is 0 Å². The number of esters is 1. The van der Waals surface area contributed by atoms with E-state index in [1.165, 1.54) is 48.5 Å². The maximum absolute atomic E-state index is 12.4. The van der Waals surface area contributed by atoms with Crippen molar-refractivity contribution in [1.82, 2.24) is 5.43 Å². The molecule has 0 heterocycles. The zero-order chi connectivity index (χ0) is 29.2. The topological polar surface area (TPSA) is 183 Å². The number of nitro groups is 2. The van der Waals surface area contributed by atoms with Crippen LogP contribution in [-0.4, -0.2) is 33.8 Å². The third-order valence-electron chi connectivity index (χ3n) is 5.24. The van der Waals surface area contributed by atoms with Crippen LogP contribution < -0.4 is 15.5 Å². The number of hydrazone groups is 1. The van der Waals surface area contributed by atoms with E-state index in [0.717, 1.165) is 24.4 Å². The van der Waals surface area contributed by atoms with Gasteiger partial charge in [0.1, 0.15) is 5.75 Å². The number of ether oxygens (including phenoxy) is 1. The highest BCUT2D eigenvalue weighted by Crippen LogP contribution is 2.23. The molecule has 0 radical (unpaired) electrons. The first-order chi connectivity index (χ1) is 19.0. The highest BCUT2D eigenvalue weighted by Gasteiger charge is 2.14. The number of carbonyl (C=O) groups is 3. The lowest BCUT2D eigenvalue weighted by Gasteiger charge is -2.08. The third-order valence-corrected chi connectivity index (χ3v) is 5.24. The van der Waals surface area contributed by atoms with E-state index in [0.29, 0.717) is 11.3 Å². The molecule has 0 aliphatic rings. The van der Waals surface area contributed by atoms with E-state index in [9.17, 15) is 34.6 Å². The standard InChI is InChI=1S/C27H23N5O8/c1-17(2)26(34)29-21-8-6-19(7-9-21)27(35)30-28-16-20-15-23(32(38)39)12-13-24(20)40-25(33)14-5-18-3-10-22(11-4-18)31(36)37/h3-17H,1-2H3,(H,29,34)(H,30,35)/b14-5+,28-16+. The Morgan fingerprint density at radius 2 is 1.52 bits per heavy atom. The number of amides is 2. The number of carbonyl (C=O) groups excluding carboxylic acids is 3. The van der Waals surface area contributed by atoms with Crippen LogP contribution in [0, 0.1) is 26.1 Å². The van der Waals surface area contributed by atoms with Crippen molar-refractivity contribution in [2.24, 2.45) is 11.0 Å². The second-order valence-electron chi connectivity index (χ2n) is 8.50. The molecule has 2 N–H and O–H groups in total. The predicted octanol–water partition coefficient (Wildman–Crippen LogP) is 4.48. The van der Waals surface area contributed by atoms with Gasteiger partial charge in [-0.15, -0.1) is 0 Å². The van der Waals surface area contributed by atoms with Crippen molar-refractivity contribution in [2.75, 3.05) is 5.32 Å². The smallest absolute Gasteiger partial charge is 0.336 e. The molecule has 3 aromatic rings. The fourth-order valence-corrected chi connectivity index (χ4v) is 3.07. The second kappa shape index (κ2) is 13.2. The van der Waals surface area contributed by atoms with Gasteiger partial charge < -0.3 is 10.1 Å². The summed E-state index contributed by atoms with van der Waals surface area (Å²) in [6.45, 7) is 3.50. The fourth-order valence-electron chi connectivity index (χ4n) is 3.07. The highest BCUT2D eigenvalue weighted by atomic mass is 16.6. The maximum Gasteiger partial charge on any atom is 0.336 e. The van der Waals surface area contributed by atoms with E-state index in [1.807, 2.05) is 0 Å². The summed E-state index contributed by atoms with van der Waals surface area (Å²) in [6.07, 6.45) is 3.55. The van der Waals surface area contributed by atoms with Crippen LogP contribution in [0.25, 0.3) is 6.08 Å². The molecule has 13 heteroatoms. The fraction of sp³-hybridized carbons (Fsp3) is 0.111. The van der Waals surface area contributed by atoms with Crippen molar-refractivity contribution >= 4 is 47.1 Å². The average Bonchev–Trinajstić information content (AvgIpc) is 2.93. The first kappa shape index (κ1) is 28.8. The van der Waals surface area contributed by atoms with Crippen molar-refractivity contribution in [1.29, 1.82) is 0 Å². The quantitative estimate of drug-likeness (QED) is 0.0933. The molecule has 0 fully saturated rings. The van der Waals surface area contributed by atoms with Gasteiger partial charge in [0, 0.05) is 53.1 Å². The lowest BCUT2D eigenvalue weighted by atomic mass is 10.1. The first-order valence-electron chi connectivity index (χ1n) is 11.7. The van der Waals surface area contributed by atoms with Gasteiger partial charge in [0.2, 0.25) is 5.91 Å². The third kappa shape index (κ3) is 8.14. The molecule has 0 aliphatic carbocycles. The van der Waals surface area contributed by atoms with Crippen molar-refractivity contribution in [3.05, 3.63) is 110 Å². The lowest BCUT2D eigenvalue weighted by molar-refractivity contribution is -0.385. The van der Waals surface area contributed by atoms with Gasteiger partial charge >= 0.3 is 5.97 Å². The number of nitrogens with zero attached hydrogens (tertiary/aromatic N) is 3. The average molecular weight is 546 g/mol. The number of anilines is 1. The minimum absolute atomic E-state index is 0.0401. The molecule has 3 rings (SSSR count). The first-order valence-corrected chi connectivity index (χ1v) is 11.7. The van der Waals surface area contributed by atoms with E-state index in [4.69, 9.17) is 4.74 Å². The van der Waals surface area contributed by atoms with Gasteiger partial charge in [0.05, 0.1) is 16.1 Å². The summed E-state index contributed by atoms with van der Waals surface area (Å²) in [5.74, 6) is -1.85. The number of hydrogen-bond donors (Lipinski definition) is 2. The van der Waals surface area contributed by atoms with Gasteiger partial charge in [-0.25, -0.2) is 10.2 Å². The van der Waals surface area contributed by atoms with Crippen molar-refractivity contribution in [3.8, 4) is 5.75 Å². The minimum atomic E-state index is -0.824. The Labute approximate surface area is 227 Å². The van der Waals surface area contributed by atoms with Gasteiger partial charge in [-0.2, -0.15) is 5.10 Å². The van der Waals surface area contributed by atoms with E-state index in [-0.39, 0.29) is 40.1 Å². The van der Waals surface area contributed by atoms with Crippen molar-refractivity contribution in [3.63, 3.8) is 0 Å². The molecule has 3 aromatic carbocycles. The molecule has 40 heavy (non-hydrogen) atoms. The van der Waals surface area contributed by atoms with Crippen LogP contribution in [0.1, 0.15) is 35.3 Å². The Bertz CT molecular complexity index is 1500. The molecule has 0 spiro atoms. The molecule has 0 unspecified atom stereocenters. The summed E-state index contributed by atoms with van der Waals surface area (Å²) < 4.78 is 5.27. The zero-order valence-electron chi connectivity index (χ0n) is 21.3. The van der Waals surface area contributed by atoms with Gasteiger partial charge in [0.25, 0.3) is 17.3 Å². The van der Waals surface area contributed by atoms with Crippen LogP contribution in [-0.2, 0) is 9.59 Å². The monoisotopic (exact) mass is 545 g/mol. The summed E-state index contributed by atoms with van der Waals surface area (Å²) in [7, 11) is 0. The molecule has 13 nitrogen and oxygen atoms in total. The van der Waals surface area contributed by atoms with E-state index >= 15 is 0 Å². The van der Waals surface area contributed by atoms with E-state index in [2.05, 4.69) is 15.8 Å². The Hall–Kier alpha value is -5.72. The Balaban J connectivity index is 1.69. The Kier molecular flexibility index (Phi) is 9.51. The summed E-state index contributed by atoms with van der Waals surface area (Å²) in [5.41, 5.74) is 3.19. The predicted molar refractivity (Wildman–Crippen MR) is 146 cm³/mol. The number of benzene rings is 3. The number of non-ortho nitro benzene ring substituents is 2. The van der Waals surface area contributed by atoms with Gasteiger partial charge in [-0.3, -0.25) is 29.8 Å². The van der Waals surface area contributed by atoms with Gasteiger partial charge in [-0.05, 0) is 54.1 Å². The van der Waals surface area contributed by atoms with Crippen LogP contribution in [0.4, 0.5) is 17.1 Å². The van der Waals surface area contributed by atoms with E-state index < -0.39 is 21.7 Å². The SMILES string of the molecule is CC(C)C(=O)Nc1ccc(C(=O)N/N=C/c2cc([N+](=O)[O-])ccc2OC(=O)/C=C/c2ccc([N+](=O)[O-])cc2)cc1. The summed E-state index contributed by atoms with van der Waals surface area (Å²) in [6, 6.07) is 15.0. The normalized spacial score (nSPS) is 11.0. The van der Waals surface area contributed by atoms with Crippen molar-refractivity contribution in [2.45, 2.75) is 13.8 Å². The molecule has 204 valence electrons. The maximum atomic E-state index is 12.4. The minimum Gasteiger partial charge on any atom is -0.423 e. The van der Waals surface area contributed by atoms with Gasteiger partial charge in [0.15, 0.2) is 0 Å². The van der Waals surface area contributed by atoms with Crippen molar-refractivity contribution < 1.29 is 29.0 Å². The van der Waals surface area contributed by atoms with E-state index in [1.54, 1.807) is 26.0 Å². The zero-order valence-corrected chi connectivity index (χ0v) is 21.3. The van der Waals surface area contributed by atoms with Crippen LogP contribution in [0.3, 0.4) is 0 Å². The Morgan fingerprint density at radius 3 is 2.12 bits per heavy atom. The molecular weight excluding hydrogens is 522 g/mol. The molecular formula is C27H23N5O8. The van der Waals surface area contributed by atoms with Gasteiger partial charge in [-0.1, -0.05) is 13.8 Å². The molecule has 0 bridgehead atoms. The summed E-state index contributed by atoms with van der Waals surface area (Å²) in [4.78, 5) is 57.3. The largest absolute Gasteiger partial charge is 0.423 e. The number of nitro benzene ring substituents is 2. The molecule has 0 saturated heterocycles. The van der Waals surface area contributed by atoms with Crippen LogP contribution in [0.5, 0.6) is 5.75 Å². The molecule has 0 atom stereocenters. The second-order valence-corrected chi connectivity index (χ2v) is 8.50.